The minimum absolute atomic E-state index is 0.210. The summed E-state index contributed by atoms with van der Waals surface area (Å²) in [5, 5.41) is -0.579. The van der Waals surface area contributed by atoms with Crippen molar-refractivity contribution in [2.24, 2.45) is 0 Å². The standard InChI is InChI=1S/C10H11ClFNO/c1-7(11)10(14)13(2)9-5-3-8(12)4-6-9/h3-7H,1-2H3. The third kappa shape index (κ3) is 2.45. The average Bonchev–Trinajstić information content (AvgIpc) is 2.16. The van der Waals surface area contributed by atoms with Gasteiger partial charge in [0.1, 0.15) is 11.2 Å². The molecule has 14 heavy (non-hydrogen) atoms. The molecule has 4 heteroatoms. The molecule has 1 rings (SSSR count). The molecule has 0 aliphatic carbocycles. The molecule has 1 amide bonds. The van der Waals surface area contributed by atoms with Gasteiger partial charge in [-0.15, -0.1) is 11.6 Å². The van der Waals surface area contributed by atoms with E-state index in [9.17, 15) is 9.18 Å². The van der Waals surface area contributed by atoms with Crippen LogP contribution in [0.5, 0.6) is 0 Å². The van der Waals surface area contributed by atoms with Gasteiger partial charge in [0.2, 0.25) is 5.91 Å². The molecule has 0 saturated carbocycles. The van der Waals surface area contributed by atoms with Crippen molar-refractivity contribution in [3.63, 3.8) is 0 Å². The summed E-state index contributed by atoms with van der Waals surface area (Å²) in [5.41, 5.74) is 0.629. The zero-order chi connectivity index (χ0) is 10.7. The number of amides is 1. The number of anilines is 1. The first kappa shape index (κ1) is 11.0. The van der Waals surface area contributed by atoms with Gasteiger partial charge in [-0.1, -0.05) is 0 Å². The van der Waals surface area contributed by atoms with E-state index >= 15 is 0 Å². The van der Waals surface area contributed by atoms with E-state index in [1.54, 1.807) is 14.0 Å². The highest BCUT2D eigenvalue weighted by molar-refractivity contribution is 6.32. The van der Waals surface area contributed by atoms with Gasteiger partial charge in [0.15, 0.2) is 0 Å². The van der Waals surface area contributed by atoms with Crippen LogP contribution in [0.2, 0.25) is 0 Å². The van der Waals surface area contributed by atoms with Crippen molar-refractivity contribution in [2.45, 2.75) is 12.3 Å². The van der Waals surface area contributed by atoms with Gasteiger partial charge in [-0.3, -0.25) is 4.79 Å². The van der Waals surface area contributed by atoms with Crippen LogP contribution in [0.3, 0.4) is 0 Å². The van der Waals surface area contributed by atoms with Crippen LogP contribution in [0, 0.1) is 5.82 Å². The van der Waals surface area contributed by atoms with Crippen molar-refractivity contribution in [1.29, 1.82) is 0 Å². The van der Waals surface area contributed by atoms with Crippen LogP contribution in [0.4, 0.5) is 10.1 Å². The first-order valence-corrected chi connectivity index (χ1v) is 4.63. The van der Waals surface area contributed by atoms with Gasteiger partial charge in [-0.25, -0.2) is 4.39 Å². The summed E-state index contributed by atoms with van der Waals surface area (Å²) in [7, 11) is 1.61. The monoisotopic (exact) mass is 215 g/mol. The van der Waals surface area contributed by atoms with Crippen LogP contribution in [-0.2, 0) is 4.79 Å². The zero-order valence-corrected chi connectivity index (χ0v) is 8.75. The molecule has 1 unspecified atom stereocenters. The summed E-state index contributed by atoms with van der Waals surface area (Å²) in [6.07, 6.45) is 0. The Balaban J connectivity index is 2.84. The summed E-state index contributed by atoms with van der Waals surface area (Å²) in [6.45, 7) is 1.60. The van der Waals surface area contributed by atoms with Gasteiger partial charge in [0, 0.05) is 12.7 Å². The Hall–Kier alpha value is -1.09. The molecule has 0 aromatic heterocycles. The SMILES string of the molecule is CC(Cl)C(=O)N(C)c1ccc(F)cc1. The van der Waals surface area contributed by atoms with Crippen molar-refractivity contribution in [3.05, 3.63) is 30.1 Å². The molecule has 2 nitrogen and oxygen atoms in total. The fourth-order valence-electron chi connectivity index (χ4n) is 1.06. The lowest BCUT2D eigenvalue weighted by molar-refractivity contribution is -0.117. The van der Waals surface area contributed by atoms with Crippen molar-refractivity contribution < 1.29 is 9.18 Å². The largest absolute Gasteiger partial charge is 0.314 e. The molecule has 0 spiro atoms. The molecule has 0 radical (unpaired) electrons. The Morgan fingerprint density at radius 1 is 1.43 bits per heavy atom. The highest BCUT2D eigenvalue weighted by atomic mass is 35.5. The second kappa shape index (κ2) is 4.42. The van der Waals surface area contributed by atoms with Crippen molar-refractivity contribution in [2.75, 3.05) is 11.9 Å². The molecule has 1 aromatic carbocycles. The highest BCUT2D eigenvalue weighted by Crippen LogP contribution is 2.15. The minimum atomic E-state index is -0.579. The average molecular weight is 216 g/mol. The summed E-state index contributed by atoms with van der Waals surface area (Å²) in [5.74, 6) is -0.535. The first-order chi connectivity index (χ1) is 6.52. The van der Waals surface area contributed by atoms with Crippen LogP contribution in [0.15, 0.2) is 24.3 Å². The molecule has 0 bridgehead atoms. The predicted molar refractivity (Wildman–Crippen MR) is 55.1 cm³/mol. The zero-order valence-electron chi connectivity index (χ0n) is 8.00. The van der Waals surface area contributed by atoms with Gasteiger partial charge in [-0.05, 0) is 31.2 Å². The third-order valence-electron chi connectivity index (χ3n) is 1.88. The van der Waals surface area contributed by atoms with Gasteiger partial charge in [-0.2, -0.15) is 0 Å². The van der Waals surface area contributed by atoms with Crippen molar-refractivity contribution >= 4 is 23.2 Å². The van der Waals surface area contributed by atoms with E-state index in [0.29, 0.717) is 5.69 Å². The fourth-order valence-corrected chi connectivity index (χ4v) is 1.21. The number of nitrogens with zero attached hydrogens (tertiary/aromatic N) is 1. The molecule has 1 aromatic rings. The van der Waals surface area contributed by atoms with Crippen LogP contribution < -0.4 is 4.90 Å². The van der Waals surface area contributed by atoms with Gasteiger partial charge in [0.25, 0.3) is 0 Å². The van der Waals surface area contributed by atoms with E-state index in [1.807, 2.05) is 0 Å². The molecule has 0 heterocycles. The quantitative estimate of drug-likeness (QED) is 0.694. The first-order valence-electron chi connectivity index (χ1n) is 4.19. The molecule has 0 N–H and O–H groups in total. The molecule has 0 fully saturated rings. The Morgan fingerprint density at radius 2 is 1.93 bits per heavy atom. The Morgan fingerprint density at radius 3 is 2.36 bits per heavy atom. The number of halogens is 2. The van der Waals surface area contributed by atoms with Crippen LogP contribution in [-0.4, -0.2) is 18.3 Å². The Kier molecular flexibility index (Phi) is 3.47. The molecule has 0 aliphatic heterocycles. The number of carbonyl (C=O) groups excluding carboxylic acids is 1. The van der Waals surface area contributed by atoms with Crippen molar-refractivity contribution in [3.8, 4) is 0 Å². The smallest absolute Gasteiger partial charge is 0.244 e. The van der Waals surface area contributed by atoms with Crippen molar-refractivity contribution in [1.82, 2.24) is 0 Å². The fraction of sp³-hybridized carbons (Fsp3) is 0.300. The van der Waals surface area contributed by atoms with E-state index in [-0.39, 0.29) is 11.7 Å². The Bertz CT molecular complexity index is 323. The molecule has 1 atom stereocenters. The number of hydrogen-bond donors (Lipinski definition) is 0. The van der Waals surface area contributed by atoms with E-state index < -0.39 is 5.38 Å². The van der Waals surface area contributed by atoms with E-state index in [4.69, 9.17) is 11.6 Å². The summed E-state index contributed by atoms with van der Waals surface area (Å²) in [4.78, 5) is 12.8. The minimum Gasteiger partial charge on any atom is -0.314 e. The van der Waals surface area contributed by atoms with Gasteiger partial charge >= 0.3 is 0 Å². The highest BCUT2D eigenvalue weighted by Gasteiger charge is 2.15. The number of alkyl halides is 1. The van der Waals surface area contributed by atoms with E-state index in [2.05, 4.69) is 0 Å². The topological polar surface area (TPSA) is 20.3 Å². The molecule has 0 saturated heterocycles. The Labute approximate surface area is 87.3 Å². The van der Waals surface area contributed by atoms with Gasteiger partial charge in [0.05, 0.1) is 0 Å². The number of hydrogen-bond acceptors (Lipinski definition) is 1. The van der Waals surface area contributed by atoms with Crippen LogP contribution in [0.1, 0.15) is 6.92 Å². The second-order valence-corrected chi connectivity index (χ2v) is 3.64. The lowest BCUT2D eigenvalue weighted by Crippen LogP contribution is -2.31. The summed E-state index contributed by atoms with van der Waals surface area (Å²) in [6, 6.07) is 5.68. The maximum Gasteiger partial charge on any atom is 0.244 e. The normalized spacial score (nSPS) is 12.3. The van der Waals surface area contributed by atoms with Crippen LogP contribution in [0.25, 0.3) is 0 Å². The maximum absolute atomic E-state index is 12.6. The molecular weight excluding hydrogens is 205 g/mol. The predicted octanol–water partition coefficient (Wildman–Crippen LogP) is 2.42. The second-order valence-electron chi connectivity index (χ2n) is 2.99. The molecule has 0 aliphatic rings. The van der Waals surface area contributed by atoms with Gasteiger partial charge < -0.3 is 4.90 Å². The third-order valence-corrected chi connectivity index (χ3v) is 2.07. The van der Waals surface area contributed by atoms with E-state index in [1.165, 1.54) is 29.2 Å². The number of benzene rings is 1. The number of carbonyl (C=O) groups is 1. The van der Waals surface area contributed by atoms with E-state index in [0.717, 1.165) is 0 Å². The summed E-state index contributed by atoms with van der Waals surface area (Å²) >= 11 is 5.64. The lowest BCUT2D eigenvalue weighted by atomic mass is 10.2. The van der Waals surface area contributed by atoms with Crippen LogP contribution >= 0.6 is 11.6 Å². The molecule has 76 valence electrons. The lowest BCUT2D eigenvalue weighted by Gasteiger charge is -2.18. The molecular formula is C10H11ClFNO. The summed E-state index contributed by atoms with van der Waals surface area (Å²) < 4.78 is 12.6. The maximum atomic E-state index is 12.6. The number of rotatable bonds is 2.